The Morgan fingerprint density at radius 3 is 1.35 bits per heavy atom. The molecule has 0 radical (unpaired) electrons. The zero-order chi connectivity index (χ0) is 69.2. The lowest BCUT2D eigenvalue weighted by Gasteiger charge is -2.42. The smallest absolute Gasteiger partial charge is 0.343 e. The first-order valence-corrected chi connectivity index (χ1v) is 32.6. The number of hydrogen-bond donors (Lipinski definition) is 5. The van der Waals surface area contributed by atoms with Crippen LogP contribution in [0.25, 0.3) is 0 Å². The van der Waals surface area contributed by atoms with Gasteiger partial charge in [0.05, 0.1) is 6.54 Å². The van der Waals surface area contributed by atoms with Crippen molar-refractivity contribution in [3.63, 3.8) is 0 Å². The zero-order valence-electron chi connectivity index (χ0n) is 57.7. The first kappa shape index (κ1) is 80.8. The van der Waals surface area contributed by atoms with Crippen LogP contribution in [-0.2, 0) is 67.3 Å². The van der Waals surface area contributed by atoms with Crippen LogP contribution in [0, 0.1) is 41.4 Å². The highest BCUT2D eigenvalue weighted by Crippen LogP contribution is 2.27. The standard InChI is InChI=1S/C62H111N11O15S/c1-25-27-28-40(15)52(88-89(85,86)87)51-56(78)65-43(26-2)58(80)67(18)33-48(74)68(19)44(29-34(3)4)55(77)66-49(38(11)12)61(83)69(20)45(30-35(5)6)54(76)63-41(16)53(75)64-42(17)57(79)70(21)46(31-36(7)8)59(81)71(22)47(32-37(9)10)60(82)72(23)50(39(13)14)62(84)73(51)24/h25,27,34-47,49-52H,26,28-33H2,1-24H3,(H,63,76)(H,64,75)(H,65,78)(H,66,77)(H,85,86,87)/b27-25+/t40-,41+,42-,43+,44+,45+,46+,47+,49+,50+,51+,52-/m1/s1. The third-order valence-corrected chi connectivity index (χ3v) is 16.7. The number of nitrogens with zero attached hydrogens (tertiary/aromatic N) is 7. The van der Waals surface area contributed by atoms with E-state index >= 15 is 19.2 Å². The van der Waals surface area contributed by atoms with Crippen molar-refractivity contribution in [1.82, 2.24) is 55.6 Å². The normalized spacial score (nSPS) is 26.4. The topological polar surface area (TPSA) is 322 Å². The average molecular weight is 1280 g/mol. The van der Waals surface area contributed by atoms with Gasteiger partial charge in [-0.2, -0.15) is 8.42 Å². The second-order valence-electron chi connectivity index (χ2n) is 26.6. The summed E-state index contributed by atoms with van der Waals surface area (Å²) in [7, 11) is 4.06. The average Bonchev–Trinajstić information content (AvgIpc) is 1.10. The van der Waals surface area contributed by atoms with E-state index in [1.165, 1.54) is 84.8 Å². The number of likely N-dealkylation sites (N-methyl/N-ethyl adjacent to an activating group) is 7. The minimum atomic E-state index is -5.38. The van der Waals surface area contributed by atoms with Crippen molar-refractivity contribution in [2.24, 2.45) is 41.4 Å². The largest absolute Gasteiger partial charge is 0.397 e. The van der Waals surface area contributed by atoms with Crippen molar-refractivity contribution in [3.05, 3.63) is 12.2 Å². The van der Waals surface area contributed by atoms with Gasteiger partial charge in [0.1, 0.15) is 66.5 Å². The van der Waals surface area contributed by atoms with E-state index in [2.05, 4.69) is 21.3 Å². The maximum atomic E-state index is 15.3. The van der Waals surface area contributed by atoms with Gasteiger partial charge in [-0.15, -0.1) is 0 Å². The maximum absolute atomic E-state index is 15.3. The van der Waals surface area contributed by atoms with Gasteiger partial charge in [0.2, 0.25) is 65.0 Å². The lowest BCUT2D eigenvalue weighted by molar-refractivity contribution is -0.157. The van der Waals surface area contributed by atoms with Crippen LogP contribution < -0.4 is 21.3 Å². The molecule has 0 bridgehead atoms. The van der Waals surface area contributed by atoms with Crippen LogP contribution in [-0.4, -0.2) is 235 Å². The van der Waals surface area contributed by atoms with Crippen LogP contribution in [0.3, 0.4) is 0 Å². The molecule has 0 aliphatic carbocycles. The molecule has 1 heterocycles. The number of rotatable bonds is 17. The van der Waals surface area contributed by atoms with Gasteiger partial charge in [0, 0.05) is 49.3 Å². The fourth-order valence-electron chi connectivity index (χ4n) is 10.9. The van der Waals surface area contributed by atoms with Gasteiger partial charge in [-0.3, -0.25) is 57.3 Å². The Labute approximate surface area is 531 Å². The van der Waals surface area contributed by atoms with Gasteiger partial charge in [-0.25, -0.2) is 4.18 Å². The molecule has 0 aromatic heterocycles. The van der Waals surface area contributed by atoms with E-state index in [0.717, 1.165) is 19.6 Å². The van der Waals surface area contributed by atoms with Gasteiger partial charge >= 0.3 is 10.4 Å². The van der Waals surface area contributed by atoms with E-state index in [1.54, 1.807) is 53.7 Å². The molecule has 510 valence electrons. The highest BCUT2D eigenvalue weighted by Gasteiger charge is 2.47. The van der Waals surface area contributed by atoms with E-state index in [4.69, 9.17) is 4.18 Å². The van der Waals surface area contributed by atoms with E-state index in [9.17, 15) is 46.5 Å². The van der Waals surface area contributed by atoms with E-state index in [1.807, 2.05) is 55.4 Å². The summed E-state index contributed by atoms with van der Waals surface area (Å²) in [5, 5.41) is 10.8. The summed E-state index contributed by atoms with van der Waals surface area (Å²) in [6, 6.07) is -13.4. The highest BCUT2D eigenvalue weighted by atomic mass is 32.3. The minimum Gasteiger partial charge on any atom is -0.343 e. The van der Waals surface area contributed by atoms with E-state index in [-0.39, 0.29) is 62.2 Å². The summed E-state index contributed by atoms with van der Waals surface area (Å²) in [5.74, 6) is -11.4. The molecule has 0 unspecified atom stereocenters. The van der Waals surface area contributed by atoms with Crippen LogP contribution >= 0.6 is 0 Å². The van der Waals surface area contributed by atoms with Crippen LogP contribution in [0.5, 0.6) is 0 Å². The Morgan fingerprint density at radius 1 is 0.494 bits per heavy atom. The second kappa shape index (κ2) is 36.0. The molecule has 1 aliphatic heterocycles. The maximum Gasteiger partial charge on any atom is 0.397 e. The Kier molecular flexibility index (Phi) is 32.7. The summed E-state index contributed by atoms with van der Waals surface area (Å²) in [6.45, 7) is 28.3. The van der Waals surface area contributed by atoms with Crippen LogP contribution in [0.15, 0.2) is 12.2 Å². The summed E-state index contributed by atoms with van der Waals surface area (Å²) < 4.78 is 41.0. The molecule has 12 atom stereocenters. The first-order chi connectivity index (χ1) is 40.9. The molecule has 0 spiro atoms. The quantitative estimate of drug-likeness (QED) is 0.103. The first-order valence-electron chi connectivity index (χ1n) is 31.2. The van der Waals surface area contributed by atoms with Gasteiger partial charge < -0.3 is 55.6 Å². The Balaban J connectivity index is 4.47. The lowest BCUT2D eigenvalue weighted by atomic mass is 9.91. The fourth-order valence-corrected chi connectivity index (χ4v) is 11.5. The Hall–Kier alpha value is -6.22. The molecule has 5 N–H and O–H groups in total. The van der Waals surface area contributed by atoms with Crippen molar-refractivity contribution in [2.75, 3.05) is 55.9 Å². The summed E-state index contributed by atoms with van der Waals surface area (Å²) in [4.78, 5) is 169. The zero-order valence-corrected chi connectivity index (χ0v) is 58.5. The third-order valence-electron chi connectivity index (χ3n) is 16.3. The van der Waals surface area contributed by atoms with Crippen LogP contribution in [0.2, 0.25) is 0 Å². The number of allylic oxidation sites excluding steroid dienone is 2. The molecule has 0 aromatic rings. The van der Waals surface area contributed by atoms with E-state index in [0.29, 0.717) is 0 Å². The summed E-state index contributed by atoms with van der Waals surface area (Å²) in [5.41, 5.74) is 0. The summed E-state index contributed by atoms with van der Waals surface area (Å²) >= 11 is 0. The monoisotopic (exact) mass is 1280 g/mol. The molecular formula is C62H111N11O15S. The molecule has 27 heteroatoms. The molecule has 0 aromatic carbocycles. The van der Waals surface area contributed by atoms with Crippen LogP contribution in [0.1, 0.15) is 156 Å². The van der Waals surface area contributed by atoms with Crippen LogP contribution in [0.4, 0.5) is 0 Å². The fraction of sp³-hybridized carbons (Fsp3) is 0.790. The minimum absolute atomic E-state index is 0.0597. The van der Waals surface area contributed by atoms with Crippen molar-refractivity contribution < 1.29 is 69.9 Å². The molecule has 11 amide bonds. The highest BCUT2D eigenvalue weighted by molar-refractivity contribution is 7.80. The van der Waals surface area contributed by atoms with Crippen molar-refractivity contribution in [3.8, 4) is 0 Å². The molecule has 26 nitrogen and oxygen atoms in total. The van der Waals surface area contributed by atoms with Gasteiger partial charge in [0.25, 0.3) is 0 Å². The molecular weight excluding hydrogens is 1170 g/mol. The predicted octanol–water partition coefficient (Wildman–Crippen LogP) is 3.10. The van der Waals surface area contributed by atoms with Crippen molar-refractivity contribution >= 4 is 75.4 Å². The number of carbonyl (C=O) groups is 11. The summed E-state index contributed by atoms with van der Waals surface area (Å²) in [6.07, 6.45) is 1.84. The van der Waals surface area contributed by atoms with Gasteiger partial charge in [-0.1, -0.05) is 109 Å². The molecule has 1 rings (SSSR count). The number of amides is 11. The number of hydrogen-bond acceptors (Lipinski definition) is 14. The SMILES string of the molecule is C/C=C/C[C@@H](C)[C@@H](OS(=O)(=O)O)[C@H]1C(=O)N[C@@H](CC)C(=O)N(C)CC(=O)N(C)[C@@H](CC(C)C)C(=O)N[C@@H](C(C)C)C(=O)N(C)[C@@H](CC(C)C)C(=O)N[C@@H](C)C(=O)N[C@H](C)C(=O)N(C)[C@@H](CC(C)C)C(=O)N(C)[C@@H](CC(C)C)C(=O)N(C)[C@@H](C(C)C)C(=O)N1C. The molecule has 1 aliphatic rings. The van der Waals surface area contributed by atoms with Gasteiger partial charge in [-0.05, 0) is 101 Å². The lowest BCUT2D eigenvalue weighted by Crippen LogP contribution is -2.64. The second-order valence-corrected chi connectivity index (χ2v) is 27.6. The molecule has 89 heavy (non-hydrogen) atoms. The Bertz CT molecular complexity index is 2600. The number of nitrogens with one attached hydrogen (secondary N) is 4. The van der Waals surface area contributed by atoms with E-state index < -0.39 is 166 Å². The van der Waals surface area contributed by atoms with Crippen molar-refractivity contribution in [1.29, 1.82) is 0 Å². The predicted molar refractivity (Wildman–Crippen MR) is 339 cm³/mol. The van der Waals surface area contributed by atoms with Gasteiger partial charge in [0.15, 0.2) is 0 Å². The van der Waals surface area contributed by atoms with Crippen molar-refractivity contribution in [2.45, 2.75) is 223 Å². The molecule has 0 saturated carbocycles. The molecule has 1 fully saturated rings. The Morgan fingerprint density at radius 2 is 0.910 bits per heavy atom. The molecule has 1 saturated heterocycles. The number of carbonyl (C=O) groups excluding carboxylic acids is 11. The third kappa shape index (κ3) is 23.5.